The van der Waals surface area contributed by atoms with Crippen molar-refractivity contribution in [3.05, 3.63) is 88.7 Å². The molecule has 178 valence electrons. The molecule has 35 heavy (non-hydrogen) atoms. The number of rotatable bonds is 2. The molecule has 3 aromatic rings. The van der Waals surface area contributed by atoms with Crippen molar-refractivity contribution in [2.75, 3.05) is 7.11 Å². The molecule has 1 fully saturated rings. The Hall–Kier alpha value is -3.31. The maximum absolute atomic E-state index is 13.5. The minimum Gasteiger partial charge on any atom is -0.497 e. The van der Waals surface area contributed by atoms with E-state index in [9.17, 15) is 4.79 Å². The molecule has 0 amide bonds. The molecule has 2 bridgehead atoms. The molecule has 1 aliphatic carbocycles. The van der Waals surface area contributed by atoms with Gasteiger partial charge in [0.2, 0.25) is 5.79 Å². The van der Waals surface area contributed by atoms with E-state index in [1.165, 1.54) is 6.42 Å². The second kappa shape index (κ2) is 7.59. The van der Waals surface area contributed by atoms with Gasteiger partial charge in [-0.2, -0.15) is 0 Å². The Morgan fingerprint density at radius 3 is 2.49 bits per heavy atom. The number of esters is 1. The molecule has 1 unspecified atom stereocenters. The Balaban J connectivity index is 1.43. The van der Waals surface area contributed by atoms with Crippen LogP contribution < -0.4 is 4.74 Å². The molecule has 3 aliphatic heterocycles. The van der Waals surface area contributed by atoms with Gasteiger partial charge >= 0.3 is 5.97 Å². The molecule has 4 aliphatic rings. The van der Waals surface area contributed by atoms with E-state index in [4.69, 9.17) is 18.9 Å². The van der Waals surface area contributed by atoms with Crippen LogP contribution in [-0.2, 0) is 31.2 Å². The number of ether oxygens (including phenoxy) is 4. The lowest BCUT2D eigenvalue weighted by Gasteiger charge is -2.51. The van der Waals surface area contributed by atoms with Crippen LogP contribution in [0.4, 0.5) is 0 Å². The summed E-state index contributed by atoms with van der Waals surface area (Å²) >= 11 is 0. The third-order valence-electron chi connectivity index (χ3n) is 8.23. The van der Waals surface area contributed by atoms with Crippen LogP contribution in [-0.4, -0.2) is 18.7 Å². The van der Waals surface area contributed by atoms with Gasteiger partial charge in [-0.1, -0.05) is 42.8 Å². The van der Waals surface area contributed by atoms with Gasteiger partial charge in [0.15, 0.2) is 0 Å². The molecule has 0 N–H and O–H groups in total. The molecule has 1 spiro atoms. The van der Waals surface area contributed by atoms with Gasteiger partial charge in [-0.15, -0.1) is 0 Å². The third kappa shape index (κ3) is 3.14. The molecule has 0 saturated heterocycles. The van der Waals surface area contributed by atoms with Gasteiger partial charge in [0.05, 0.1) is 7.11 Å². The summed E-state index contributed by atoms with van der Waals surface area (Å²) in [6.07, 6.45) is 5.78. The summed E-state index contributed by atoms with van der Waals surface area (Å²) in [6, 6.07) is 20.5. The molecule has 2 atom stereocenters. The summed E-state index contributed by atoms with van der Waals surface area (Å²) in [6.45, 7) is 0. The first-order valence-electron chi connectivity index (χ1n) is 12.6. The lowest BCUT2D eigenvalue weighted by Crippen LogP contribution is -2.51. The van der Waals surface area contributed by atoms with Gasteiger partial charge in [0, 0.05) is 18.4 Å². The number of methoxy groups -OCH3 is 1. The van der Waals surface area contributed by atoms with Crippen molar-refractivity contribution in [3.8, 4) is 5.75 Å². The zero-order valence-electron chi connectivity index (χ0n) is 19.8. The highest BCUT2D eigenvalue weighted by atomic mass is 16.7. The van der Waals surface area contributed by atoms with Crippen molar-refractivity contribution in [1.82, 2.24) is 0 Å². The average molecular weight is 469 g/mol. The predicted octanol–water partition coefficient (Wildman–Crippen LogP) is 6.25. The maximum atomic E-state index is 13.5. The molecule has 1 saturated carbocycles. The minimum absolute atomic E-state index is 0.289. The highest BCUT2D eigenvalue weighted by Gasteiger charge is 2.56. The number of carbonyl (C=O) groups is 1. The van der Waals surface area contributed by atoms with Crippen molar-refractivity contribution in [2.45, 2.75) is 62.4 Å². The predicted molar refractivity (Wildman–Crippen MR) is 131 cm³/mol. The van der Waals surface area contributed by atoms with Gasteiger partial charge < -0.3 is 18.9 Å². The fraction of sp³-hybridized carbons (Fsp3) is 0.367. The quantitative estimate of drug-likeness (QED) is 0.416. The Labute approximate surface area is 204 Å². The molecular weight excluding hydrogens is 440 g/mol. The minimum atomic E-state index is -1.01. The lowest BCUT2D eigenvalue weighted by atomic mass is 9.76. The maximum Gasteiger partial charge on any atom is 0.341 e. The number of benzene rings is 3. The smallest absolute Gasteiger partial charge is 0.341 e. The van der Waals surface area contributed by atoms with E-state index in [0.29, 0.717) is 18.4 Å². The fourth-order valence-electron chi connectivity index (χ4n) is 6.48. The van der Waals surface area contributed by atoms with Gasteiger partial charge in [0.25, 0.3) is 0 Å². The Kier molecular flexibility index (Phi) is 4.56. The average Bonchev–Trinajstić information content (AvgIpc) is 2.88. The Morgan fingerprint density at radius 1 is 0.886 bits per heavy atom. The largest absolute Gasteiger partial charge is 0.497 e. The van der Waals surface area contributed by atoms with Crippen LogP contribution in [0.5, 0.6) is 5.75 Å². The first kappa shape index (κ1) is 21.0. The van der Waals surface area contributed by atoms with E-state index in [0.717, 1.165) is 64.7 Å². The van der Waals surface area contributed by atoms with Gasteiger partial charge in [-0.05, 0) is 71.8 Å². The Bertz CT molecular complexity index is 1370. The summed E-state index contributed by atoms with van der Waals surface area (Å²) in [5, 5.41) is 2.33. The molecule has 7 rings (SSSR count). The highest BCUT2D eigenvalue weighted by Crippen LogP contribution is 2.56. The summed E-state index contributed by atoms with van der Waals surface area (Å²) in [5.74, 6) is 0.221. The molecule has 0 radical (unpaired) electrons. The first-order chi connectivity index (χ1) is 17.1. The van der Waals surface area contributed by atoms with E-state index >= 15 is 0 Å². The normalized spacial score (nSPS) is 26.5. The second-order valence-electron chi connectivity index (χ2n) is 10.3. The van der Waals surface area contributed by atoms with E-state index in [2.05, 4.69) is 30.3 Å². The van der Waals surface area contributed by atoms with Gasteiger partial charge in [-0.25, -0.2) is 4.79 Å². The van der Waals surface area contributed by atoms with Crippen LogP contribution in [0.1, 0.15) is 61.3 Å². The number of carbonyl (C=O) groups excluding carboxylic acids is 1. The standard InChI is InChI=1S/C30H28O5/c1-32-21-12-10-20(11-13-21)30-17-24-22-8-4-3-7-19(22)9-14-23(24)27(34-30)26-25(33-30)18-29(35-28(26)31)15-5-2-6-16-29/h3-4,7-14,27H,2,5-6,15-18H2,1H3/t27?,30-/m0/s1. The van der Waals surface area contributed by atoms with Crippen molar-refractivity contribution >= 4 is 16.7 Å². The highest BCUT2D eigenvalue weighted by molar-refractivity contribution is 5.94. The molecule has 3 aromatic carbocycles. The number of hydrogen-bond acceptors (Lipinski definition) is 5. The van der Waals surface area contributed by atoms with Crippen LogP contribution in [0.3, 0.4) is 0 Å². The summed E-state index contributed by atoms with van der Waals surface area (Å²) in [5.41, 5.74) is 3.19. The topological polar surface area (TPSA) is 54.0 Å². The van der Waals surface area contributed by atoms with Crippen LogP contribution in [0.15, 0.2) is 72.0 Å². The lowest BCUT2D eigenvalue weighted by molar-refractivity contribution is -0.278. The van der Waals surface area contributed by atoms with Crippen LogP contribution >= 0.6 is 0 Å². The van der Waals surface area contributed by atoms with Gasteiger partial charge in [0.1, 0.15) is 28.8 Å². The summed E-state index contributed by atoms with van der Waals surface area (Å²) < 4.78 is 25.1. The van der Waals surface area contributed by atoms with Crippen molar-refractivity contribution in [1.29, 1.82) is 0 Å². The molecule has 0 aromatic heterocycles. The number of hydrogen-bond donors (Lipinski definition) is 0. The fourth-order valence-corrected chi connectivity index (χ4v) is 6.48. The van der Waals surface area contributed by atoms with Crippen LogP contribution in [0, 0.1) is 0 Å². The summed E-state index contributed by atoms with van der Waals surface area (Å²) in [4.78, 5) is 13.5. The SMILES string of the molecule is COc1ccc([C@]23Cc4c(ccc5ccccc45)C(O2)C2=C(CC4(CCCCC4)OC2=O)O3)cc1. The molecule has 5 nitrogen and oxygen atoms in total. The van der Waals surface area contributed by atoms with Crippen LogP contribution in [0.25, 0.3) is 10.8 Å². The van der Waals surface area contributed by atoms with Crippen molar-refractivity contribution < 1.29 is 23.7 Å². The number of fused-ring (bicyclic) bond motifs is 7. The van der Waals surface area contributed by atoms with Gasteiger partial charge in [-0.3, -0.25) is 0 Å². The van der Waals surface area contributed by atoms with Crippen LogP contribution in [0.2, 0.25) is 0 Å². The van der Waals surface area contributed by atoms with E-state index < -0.39 is 17.5 Å². The molecule has 3 heterocycles. The Morgan fingerprint density at radius 2 is 1.69 bits per heavy atom. The van der Waals surface area contributed by atoms with E-state index in [1.807, 2.05) is 30.3 Å². The molecular formula is C30H28O5. The van der Waals surface area contributed by atoms with E-state index in [-0.39, 0.29) is 5.97 Å². The monoisotopic (exact) mass is 468 g/mol. The third-order valence-corrected chi connectivity index (χ3v) is 8.23. The zero-order chi connectivity index (χ0) is 23.6. The zero-order valence-corrected chi connectivity index (χ0v) is 19.8. The van der Waals surface area contributed by atoms with E-state index in [1.54, 1.807) is 7.11 Å². The van der Waals surface area contributed by atoms with Crippen molar-refractivity contribution in [3.63, 3.8) is 0 Å². The molecule has 5 heteroatoms. The first-order valence-corrected chi connectivity index (χ1v) is 12.6. The summed E-state index contributed by atoms with van der Waals surface area (Å²) in [7, 11) is 1.66. The van der Waals surface area contributed by atoms with Crippen molar-refractivity contribution in [2.24, 2.45) is 0 Å². The second-order valence-corrected chi connectivity index (χ2v) is 10.3.